The largest absolute Gasteiger partial charge is 0.315 e. The summed E-state index contributed by atoms with van der Waals surface area (Å²) in [7, 11) is 0. The predicted octanol–water partition coefficient (Wildman–Crippen LogP) is 0.958. The van der Waals surface area contributed by atoms with Crippen LogP contribution in [-0.2, 0) is 0 Å². The smallest absolute Gasteiger partial charge is 0.102 e. The van der Waals surface area contributed by atoms with Crippen molar-refractivity contribution in [1.29, 1.82) is 0 Å². The minimum Gasteiger partial charge on any atom is -0.315 e. The molecule has 0 amide bonds. The van der Waals surface area contributed by atoms with Gasteiger partial charge in [0.05, 0.1) is 0 Å². The Labute approximate surface area is 61.3 Å². The zero-order valence-electron chi connectivity index (χ0n) is 6.17. The third-order valence-electron chi connectivity index (χ3n) is 0.977. The third kappa shape index (κ3) is 3.86. The van der Waals surface area contributed by atoms with Gasteiger partial charge in [-0.2, -0.15) is 0 Å². The predicted molar refractivity (Wildman–Crippen MR) is 44.4 cm³/mol. The van der Waals surface area contributed by atoms with Crippen molar-refractivity contribution < 1.29 is 0 Å². The van der Waals surface area contributed by atoms with Gasteiger partial charge >= 0.3 is 0 Å². The van der Waals surface area contributed by atoms with Crippen LogP contribution in [0.25, 0.3) is 0 Å². The van der Waals surface area contributed by atoms with E-state index in [0.29, 0.717) is 0 Å². The second-order valence-electron chi connectivity index (χ2n) is 1.67. The number of hydrogen-bond donors (Lipinski definition) is 2. The molecule has 0 atom stereocenters. The van der Waals surface area contributed by atoms with Crippen LogP contribution in [0.1, 0.15) is 13.3 Å². The number of nitrogens with one attached hydrogen (secondary N) is 1. The highest BCUT2D eigenvalue weighted by Gasteiger charge is 1.83. The van der Waals surface area contributed by atoms with E-state index in [0.717, 1.165) is 12.1 Å². The zero-order valence-corrected chi connectivity index (χ0v) is 6.17. The molecular weight excluding hydrogens is 126 g/mol. The molecule has 0 aromatic carbocycles. The van der Waals surface area contributed by atoms with E-state index in [1.165, 1.54) is 6.34 Å². The van der Waals surface area contributed by atoms with E-state index < -0.39 is 0 Å². The minimum absolute atomic E-state index is 0.879. The Balaban J connectivity index is 3.94. The number of hydrogen-bond acceptors (Lipinski definition) is 2. The quantitative estimate of drug-likeness (QED) is 0.200. The van der Waals surface area contributed by atoms with Crippen molar-refractivity contribution in [2.75, 3.05) is 0 Å². The van der Waals surface area contributed by atoms with Crippen molar-refractivity contribution in [2.24, 2.45) is 10.8 Å². The fourth-order valence-corrected chi connectivity index (χ4v) is 0.508. The van der Waals surface area contributed by atoms with E-state index in [2.05, 4.69) is 17.0 Å². The third-order valence-corrected chi connectivity index (χ3v) is 0.977. The molecule has 0 aliphatic heterocycles. The van der Waals surface area contributed by atoms with Crippen LogP contribution in [0.15, 0.2) is 29.4 Å². The number of nitrogens with two attached hydrogens (primary N) is 1. The lowest BCUT2D eigenvalue weighted by Crippen LogP contribution is -2.18. The summed E-state index contributed by atoms with van der Waals surface area (Å²) in [5, 5.41) is 0. The summed E-state index contributed by atoms with van der Waals surface area (Å²) in [6, 6.07) is 0. The maximum absolute atomic E-state index is 4.98. The Kier molecular flexibility index (Phi) is 5.38. The summed E-state index contributed by atoms with van der Waals surface area (Å²) in [6.07, 6.45) is 5.86. The van der Waals surface area contributed by atoms with Crippen LogP contribution in [0.4, 0.5) is 0 Å². The van der Waals surface area contributed by atoms with Crippen LogP contribution in [0.2, 0.25) is 0 Å². The summed E-state index contributed by atoms with van der Waals surface area (Å²) >= 11 is 0. The number of rotatable bonds is 4. The fourth-order valence-electron chi connectivity index (χ4n) is 0.508. The van der Waals surface area contributed by atoms with E-state index >= 15 is 0 Å². The zero-order chi connectivity index (χ0) is 7.82. The molecule has 3 nitrogen and oxygen atoms in total. The molecule has 0 heterocycles. The number of allylic oxidation sites excluding steroid dienone is 3. The lowest BCUT2D eigenvalue weighted by atomic mass is 10.3. The van der Waals surface area contributed by atoms with Crippen molar-refractivity contribution >= 4 is 6.34 Å². The van der Waals surface area contributed by atoms with Gasteiger partial charge in [0.15, 0.2) is 0 Å². The molecule has 3 heteroatoms. The van der Waals surface area contributed by atoms with E-state index in [4.69, 9.17) is 5.84 Å². The van der Waals surface area contributed by atoms with Gasteiger partial charge in [-0.15, -0.1) is 0 Å². The molecule has 0 rings (SSSR count). The number of hydrazine groups is 1. The highest BCUT2D eigenvalue weighted by atomic mass is 15.2. The summed E-state index contributed by atoms with van der Waals surface area (Å²) < 4.78 is 0. The molecule has 3 N–H and O–H groups in total. The first-order valence-electron chi connectivity index (χ1n) is 3.15. The Morgan fingerprint density at radius 1 is 1.80 bits per heavy atom. The Hall–Kier alpha value is -1.09. The number of nitrogens with zero attached hydrogens (tertiary/aromatic N) is 1. The van der Waals surface area contributed by atoms with Gasteiger partial charge in [-0.1, -0.05) is 19.6 Å². The molecule has 0 fully saturated rings. The molecule has 0 bridgehead atoms. The van der Waals surface area contributed by atoms with Crippen LogP contribution in [0.3, 0.4) is 0 Å². The Morgan fingerprint density at radius 2 is 2.50 bits per heavy atom. The van der Waals surface area contributed by atoms with Gasteiger partial charge in [-0.05, 0) is 12.5 Å². The van der Waals surface area contributed by atoms with Crippen LogP contribution in [0, 0.1) is 0 Å². The van der Waals surface area contributed by atoms with Crippen molar-refractivity contribution in [1.82, 2.24) is 5.43 Å². The molecule has 0 saturated heterocycles. The molecule has 10 heavy (non-hydrogen) atoms. The molecule has 0 radical (unpaired) electrons. The van der Waals surface area contributed by atoms with Crippen LogP contribution < -0.4 is 11.3 Å². The van der Waals surface area contributed by atoms with Crippen LogP contribution in [-0.4, -0.2) is 6.34 Å². The standard InChI is InChI=1S/C7H13N3/c1-3-5-7(4-2)9-6-10-8/h3,5-6H,1,4,8H2,2H3,(H,9,10)/b7-5+. The SMILES string of the molecule is C=C/C=C(\CC)N=CNN. The van der Waals surface area contributed by atoms with Gasteiger partial charge in [-0.25, -0.2) is 10.8 Å². The lowest BCUT2D eigenvalue weighted by molar-refractivity contribution is 1.02. The molecule has 56 valence electrons. The van der Waals surface area contributed by atoms with Crippen molar-refractivity contribution in [3.63, 3.8) is 0 Å². The average molecular weight is 139 g/mol. The highest BCUT2D eigenvalue weighted by Crippen LogP contribution is 1.99. The van der Waals surface area contributed by atoms with Gasteiger partial charge in [-0.3, -0.25) is 0 Å². The van der Waals surface area contributed by atoms with Crippen molar-refractivity contribution in [3.05, 3.63) is 24.4 Å². The van der Waals surface area contributed by atoms with Gasteiger partial charge < -0.3 is 5.43 Å². The van der Waals surface area contributed by atoms with E-state index in [-0.39, 0.29) is 0 Å². The highest BCUT2D eigenvalue weighted by molar-refractivity contribution is 5.55. The molecule has 0 spiro atoms. The molecule has 0 aromatic heterocycles. The van der Waals surface area contributed by atoms with Crippen LogP contribution >= 0.6 is 0 Å². The van der Waals surface area contributed by atoms with Crippen molar-refractivity contribution in [2.45, 2.75) is 13.3 Å². The van der Waals surface area contributed by atoms with Gasteiger partial charge in [0, 0.05) is 5.70 Å². The molecule has 0 aliphatic carbocycles. The van der Waals surface area contributed by atoms with E-state index in [1.807, 2.05) is 13.0 Å². The first-order valence-corrected chi connectivity index (χ1v) is 3.15. The Bertz CT molecular complexity index is 147. The topological polar surface area (TPSA) is 50.4 Å². The molecule has 0 unspecified atom stereocenters. The monoisotopic (exact) mass is 139 g/mol. The maximum atomic E-state index is 4.98. The molecule has 0 aliphatic rings. The van der Waals surface area contributed by atoms with Gasteiger partial charge in [0.2, 0.25) is 0 Å². The summed E-state index contributed by atoms with van der Waals surface area (Å²) in [4.78, 5) is 3.98. The summed E-state index contributed by atoms with van der Waals surface area (Å²) in [6.45, 7) is 5.57. The number of aliphatic imine (C=N–C) groups is 1. The Morgan fingerprint density at radius 3 is 2.90 bits per heavy atom. The van der Waals surface area contributed by atoms with E-state index in [9.17, 15) is 0 Å². The maximum Gasteiger partial charge on any atom is 0.102 e. The second-order valence-corrected chi connectivity index (χ2v) is 1.67. The first kappa shape index (κ1) is 8.91. The first-order chi connectivity index (χ1) is 4.85. The minimum atomic E-state index is 0.879. The second kappa shape index (κ2) is 6.04. The summed E-state index contributed by atoms with van der Waals surface area (Å²) in [5.41, 5.74) is 3.28. The van der Waals surface area contributed by atoms with Gasteiger partial charge in [0.1, 0.15) is 6.34 Å². The average Bonchev–Trinajstić information content (AvgIpc) is 1.98. The normalized spacial score (nSPS) is 12.0. The molecule has 0 aromatic rings. The summed E-state index contributed by atoms with van der Waals surface area (Å²) in [5.74, 6) is 4.98. The molecular formula is C7H13N3. The lowest BCUT2D eigenvalue weighted by Gasteiger charge is -1.92. The molecule has 0 saturated carbocycles. The van der Waals surface area contributed by atoms with E-state index in [1.54, 1.807) is 6.08 Å². The van der Waals surface area contributed by atoms with Gasteiger partial charge in [0.25, 0.3) is 0 Å². The van der Waals surface area contributed by atoms with Crippen molar-refractivity contribution in [3.8, 4) is 0 Å². The fraction of sp³-hybridized carbons (Fsp3) is 0.286. The van der Waals surface area contributed by atoms with Crippen LogP contribution in [0.5, 0.6) is 0 Å².